The molecule has 0 aromatic heterocycles. The summed E-state index contributed by atoms with van der Waals surface area (Å²) < 4.78 is 5.47. The third-order valence-corrected chi connectivity index (χ3v) is 2.92. The average Bonchev–Trinajstić information content (AvgIpc) is 2.63. The van der Waals surface area contributed by atoms with Gasteiger partial charge in [0.25, 0.3) is 0 Å². The molecule has 0 bridgehead atoms. The highest BCUT2D eigenvalue weighted by Crippen LogP contribution is 2.31. The van der Waals surface area contributed by atoms with Gasteiger partial charge in [-0.15, -0.1) is 0 Å². The zero-order chi connectivity index (χ0) is 10.9. The lowest BCUT2D eigenvalue weighted by Crippen LogP contribution is -2.26. The molecule has 2 N–H and O–H groups in total. The van der Waals surface area contributed by atoms with Crippen molar-refractivity contribution in [3.8, 4) is 5.75 Å². The summed E-state index contributed by atoms with van der Waals surface area (Å²) in [5, 5.41) is 0. The van der Waals surface area contributed by atoms with E-state index >= 15 is 0 Å². The van der Waals surface area contributed by atoms with E-state index in [1.54, 1.807) is 0 Å². The number of hydrogen-bond donors (Lipinski definition) is 1. The van der Waals surface area contributed by atoms with Gasteiger partial charge in [0.2, 0.25) is 0 Å². The molecule has 3 nitrogen and oxygen atoms in total. The Kier molecular flexibility index (Phi) is 2.67. The standard InChI is InChI=1S/C12H17NO2/c1-12(2,8-15-13)10-3-4-11-9(7-10)5-6-14-11/h3-4,7H,5-6,8,13H2,1-2H3. The fraction of sp³-hybridized carbons (Fsp3) is 0.500. The van der Waals surface area contributed by atoms with Gasteiger partial charge in [-0.2, -0.15) is 0 Å². The molecule has 0 saturated carbocycles. The second-order valence-electron chi connectivity index (χ2n) is 4.62. The van der Waals surface area contributed by atoms with Gasteiger partial charge in [0, 0.05) is 11.8 Å². The van der Waals surface area contributed by atoms with Crippen LogP contribution in [0.1, 0.15) is 25.0 Å². The maximum Gasteiger partial charge on any atom is 0.122 e. The van der Waals surface area contributed by atoms with Crippen LogP contribution in [0, 0.1) is 0 Å². The molecule has 82 valence electrons. The van der Waals surface area contributed by atoms with Gasteiger partial charge in [0.15, 0.2) is 0 Å². The van der Waals surface area contributed by atoms with Gasteiger partial charge in [-0.05, 0) is 17.2 Å². The minimum absolute atomic E-state index is 0.0492. The molecule has 0 atom stereocenters. The van der Waals surface area contributed by atoms with Gasteiger partial charge in [-0.25, -0.2) is 5.90 Å². The number of hydrogen-bond acceptors (Lipinski definition) is 3. The third-order valence-electron chi connectivity index (χ3n) is 2.92. The molecule has 1 aliphatic heterocycles. The molecule has 0 aliphatic carbocycles. The lowest BCUT2D eigenvalue weighted by atomic mass is 9.84. The number of benzene rings is 1. The SMILES string of the molecule is CC(C)(CON)c1ccc2c(c1)CCO2. The zero-order valence-corrected chi connectivity index (χ0v) is 9.25. The zero-order valence-electron chi connectivity index (χ0n) is 9.25. The predicted octanol–water partition coefficient (Wildman–Crippen LogP) is 1.79. The first-order valence-corrected chi connectivity index (χ1v) is 5.21. The van der Waals surface area contributed by atoms with Crippen LogP contribution < -0.4 is 10.6 Å². The molecule has 2 rings (SSSR count). The lowest BCUT2D eigenvalue weighted by Gasteiger charge is -2.24. The first-order chi connectivity index (χ1) is 7.13. The molecule has 0 amide bonds. The summed E-state index contributed by atoms with van der Waals surface area (Å²) in [6.45, 7) is 5.56. The topological polar surface area (TPSA) is 44.5 Å². The van der Waals surface area contributed by atoms with E-state index in [2.05, 4.69) is 26.0 Å². The van der Waals surface area contributed by atoms with Crippen molar-refractivity contribution in [1.82, 2.24) is 0 Å². The highest BCUT2D eigenvalue weighted by molar-refractivity contribution is 5.42. The fourth-order valence-electron chi connectivity index (χ4n) is 1.90. The van der Waals surface area contributed by atoms with E-state index in [0.717, 1.165) is 18.8 Å². The Labute approximate surface area is 90.1 Å². The van der Waals surface area contributed by atoms with Gasteiger partial charge >= 0.3 is 0 Å². The lowest BCUT2D eigenvalue weighted by molar-refractivity contribution is 0.0964. The number of rotatable bonds is 3. The van der Waals surface area contributed by atoms with Crippen LogP contribution in [0.3, 0.4) is 0 Å². The van der Waals surface area contributed by atoms with E-state index in [1.807, 2.05) is 6.07 Å². The molecule has 15 heavy (non-hydrogen) atoms. The minimum Gasteiger partial charge on any atom is -0.493 e. The summed E-state index contributed by atoms with van der Waals surface area (Å²) in [5.41, 5.74) is 2.49. The van der Waals surface area contributed by atoms with Gasteiger partial charge in [-0.3, -0.25) is 0 Å². The smallest absolute Gasteiger partial charge is 0.122 e. The Bertz CT molecular complexity index is 361. The molecule has 3 heteroatoms. The van der Waals surface area contributed by atoms with Crippen LogP contribution >= 0.6 is 0 Å². The van der Waals surface area contributed by atoms with Gasteiger partial charge < -0.3 is 9.57 Å². The molecule has 0 radical (unpaired) electrons. The van der Waals surface area contributed by atoms with Crippen LogP contribution in [-0.4, -0.2) is 13.2 Å². The van der Waals surface area contributed by atoms with E-state index in [0.29, 0.717) is 6.61 Å². The predicted molar refractivity (Wildman–Crippen MR) is 58.8 cm³/mol. The van der Waals surface area contributed by atoms with Crippen LogP contribution in [-0.2, 0) is 16.7 Å². The van der Waals surface area contributed by atoms with Gasteiger partial charge in [0.1, 0.15) is 5.75 Å². The average molecular weight is 207 g/mol. The molecule has 0 fully saturated rings. The van der Waals surface area contributed by atoms with Crippen molar-refractivity contribution in [2.45, 2.75) is 25.7 Å². The molecular formula is C12H17NO2. The first kappa shape index (κ1) is 10.5. The Morgan fingerprint density at radius 2 is 2.27 bits per heavy atom. The highest BCUT2D eigenvalue weighted by atomic mass is 16.6. The van der Waals surface area contributed by atoms with Crippen LogP contribution in [0.25, 0.3) is 0 Å². The van der Waals surface area contributed by atoms with Crippen molar-refractivity contribution in [2.24, 2.45) is 5.90 Å². The molecule has 1 aliphatic rings. The van der Waals surface area contributed by atoms with Crippen molar-refractivity contribution in [3.63, 3.8) is 0 Å². The molecular weight excluding hydrogens is 190 g/mol. The number of fused-ring (bicyclic) bond motifs is 1. The molecule has 1 heterocycles. The van der Waals surface area contributed by atoms with E-state index in [9.17, 15) is 0 Å². The Morgan fingerprint density at radius 3 is 3.00 bits per heavy atom. The summed E-state index contributed by atoms with van der Waals surface area (Å²) in [4.78, 5) is 4.75. The maximum atomic E-state index is 5.47. The van der Waals surface area contributed by atoms with E-state index in [4.69, 9.17) is 15.5 Å². The molecule has 0 unspecified atom stereocenters. The summed E-state index contributed by atoms with van der Waals surface area (Å²) >= 11 is 0. The van der Waals surface area contributed by atoms with Crippen molar-refractivity contribution in [2.75, 3.05) is 13.2 Å². The van der Waals surface area contributed by atoms with E-state index < -0.39 is 0 Å². The molecule has 1 aromatic carbocycles. The molecule has 0 saturated heterocycles. The second-order valence-corrected chi connectivity index (χ2v) is 4.62. The van der Waals surface area contributed by atoms with Crippen LogP contribution in [0.15, 0.2) is 18.2 Å². The summed E-state index contributed by atoms with van der Waals surface area (Å²) in [6.07, 6.45) is 1.00. The second kappa shape index (κ2) is 3.83. The first-order valence-electron chi connectivity index (χ1n) is 5.21. The van der Waals surface area contributed by atoms with Crippen molar-refractivity contribution >= 4 is 0 Å². The molecule has 1 aromatic rings. The summed E-state index contributed by atoms with van der Waals surface area (Å²) in [7, 11) is 0. The minimum atomic E-state index is -0.0492. The van der Waals surface area contributed by atoms with Crippen LogP contribution in [0.5, 0.6) is 5.75 Å². The Morgan fingerprint density at radius 1 is 1.47 bits per heavy atom. The number of ether oxygens (including phenoxy) is 1. The Hall–Kier alpha value is -1.06. The van der Waals surface area contributed by atoms with Gasteiger partial charge in [0.05, 0.1) is 13.2 Å². The van der Waals surface area contributed by atoms with Crippen molar-refractivity contribution < 1.29 is 9.57 Å². The van der Waals surface area contributed by atoms with Gasteiger partial charge in [-0.1, -0.05) is 26.0 Å². The van der Waals surface area contributed by atoms with E-state index in [1.165, 1.54) is 11.1 Å². The normalized spacial score (nSPS) is 14.9. The third kappa shape index (κ3) is 1.98. The monoisotopic (exact) mass is 207 g/mol. The number of nitrogens with two attached hydrogens (primary N) is 1. The quantitative estimate of drug-likeness (QED) is 0.768. The van der Waals surface area contributed by atoms with Crippen LogP contribution in [0.2, 0.25) is 0 Å². The highest BCUT2D eigenvalue weighted by Gasteiger charge is 2.23. The fourth-order valence-corrected chi connectivity index (χ4v) is 1.90. The summed E-state index contributed by atoms with van der Waals surface area (Å²) in [5.74, 6) is 6.16. The van der Waals surface area contributed by atoms with E-state index in [-0.39, 0.29) is 5.41 Å². The van der Waals surface area contributed by atoms with Crippen molar-refractivity contribution in [3.05, 3.63) is 29.3 Å². The van der Waals surface area contributed by atoms with Crippen molar-refractivity contribution in [1.29, 1.82) is 0 Å². The maximum absolute atomic E-state index is 5.47. The largest absolute Gasteiger partial charge is 0.493 e. The molecule has 0 spiro atoms. The van der Waals surface area contributed by atoms with Crippen LogP contribution in [0.4, 0.5) is 0 Å². The Balaban J connectivity index is 2.29. The summed E-state index contributed by atoms with van der Waals surface area (Å²) in [6, 6.07) is 6.32.